The molecule has 0 amide bonds. The molecule has 0 atom stereocenters. The van der Waals surface area contributed by atoms with Crippen LogP contribution in [0.25, 0.3) is 10.8 Å². The highest BCUT2D eigenvalue weighted by atomic mass is 16.3. The molecule has 0 saturated carbocycles. The number of hydrogen-bond donors (Lipinski definition) is 3. The first kappa shape index (κ1) is 9.86. The van der Waals surface area contributed by atoms with Crippen molar-refractivity contribution < 1.29 is 10.2 Å². The fourth-order valence-corrected chi connectivity index (χ4v) is 1.93. The summed E-state index contributed by atoms with van der Waals surface area (Å²) in [6, 6.07) is 5.52. The van der Waals surface area contributed by atoms with Gasteiger partial charge in [0.15, 0.2) is 0 Å². The van der Waals surface area contributed by atoms with Crippen LogP contribution >= 0.6 is 0 Å². The lowest BCUT2D eigenvalue weighted by atomic mass is 10.1. The number of anilines is 1. The number of benzene rings is 1. The van der Waals surface area contributed by atoms with Crippen LogP contribution in [0.15, 0.2) is 18.2 Å². The summed E-state index contributed by atoms with van der Waals surface area (Å²) in [4.78, 5) is 0. The maximum absolute atomic E-state index is 9.95. The summed E-state index contributed by atoms with van der Waals surface area (Å²) in [7, 11) is 0. The van der Waals surface area contributed by atoms with E-state index in [1.807, 2.05) is 19.1 Å². The van der Waals surface area contributed by atoms with Crippen LogP contribution in [0.2, 0.25) is 0 Å². The summed E-state index contributed by atoms with van der Waals surface area (Å²) >= 11 is 0. The first-order valence-corrected chi connectivity index (χ1v) is 4.84. The molecule has 0 unspecified atom stereocenters. The predicted octanol–water partition coefficient (Wildman–Crippen LogP) is 1.23. The molecule has 0 bridgehead atoms. The molecule has 4 heteroatoms. The standard InChI is InChI=1S/C11H14N2O2/c1-7-8-3-2-4-9(12)10(8)11(15)13(7)5-6-14/h2-4,14-15H,5-6,12H2,1H3. The lowest BCUT2D eigenvalue weighted by Gasteiger charge is -2.04. The molecule has 1 aromatic heterocycles. The molecule has 0 spiro atoms. The van der Waals surface area contributed by atoms with Crippen molar-refractivity contribution in [2.24, 2.45) is 0 Å². The summed E-state index contributed by atoms with van der Waals surface area (Å²) in [5.41, 5.74) is 7.28. The molecule has 4 nitrogen and oxygen atoms in total. The van der Waals surface area contributed by atoms with Gasteiger partial charge >= 0.3 is 0 Å². The van der Waals surface area contributed by atoms with Gasteiger partial charge in [-0.1, -0.05) is 12.1 Å². The molecule has 4 N–H and O–H groups in total. The third-order valence-corrected chi connectivity index (χ3v) is 2.69. The number of rotatable bonds is 2. The Kier molecular flexibility index (Phi) is 2.28. The van der Waals surface area contributed by atoms with Crippen molar-refractivity contribution >= 4 is 16.5 Å². The average Bonchev–Trinajstić information content (AvgIpc) is 2.45. The average molecular weight is 206 g/mol. The van der Waals surface area contributed by atoms with Crippen molar-refractivity contribution in [3.8, 4) is 5.88 Å². The molecule has 2 aromatic rings. The van der Waals surface area contributed by atoms with E-state index in [2.05, 4.69) is 0 Å². The molecule has 0 aliphatic rings. The third kappa shape index (κ3) is 1.34. The van der Waals surface area contributed by atoms with Crippen LogP contribution in [0.4, 0.5) is 5.69 Å². The van der Waals surface area contributed by atoms with E-state index in [9.17, 15) is 5.11 Å². The maximum Gasteiger partial charge on any atom is 0.201 e. The number of nitrogen functional groups attached to an aromatic ring is 1. The Morgan fingerprint density at radius 2 is 2.13 bits per heavy atom. The van der Waals surface area contributed by atoms with Crippen LogP contribution in [-0.4, -0.2) is 21.4 Å². The van der Waals surface area contributed by atoms with Gasteiger partial charge < -0.3 is 20.5 Å². The van der Waals surface area contributed by atoms with Crippen LogP contribution in [0.1, 0.15) is 5.69 Å². The van der Waals surface area contributed by atoms with Crippen molar-refractivity contribution in [1.29, 1.82) is 0 Å². The van der Waals surface area contributed by atoms with Crippen LogP contribution in [-0.2, 0) is 6.54 Å². The molecule has 0 aliphatic carbocycles. The van der Waals surface area contributed by atoms with Gasteiger partial charge in [0.1, 0.15) is 0 Å². The fraction of sp³-hybridized carbons (Fsp3) is 0.273. The summed E-state index contributed by atoms with van der Waals surface area (Å²) < 4.78 is 1.67. The molecule has 1 aromatic carbocycles. The van der Waals surface area contributed by atoms with E-state index >= 15 is 0 Å². The van der Waals surface area contributed by atoms with Crippen molar-refractivity contribution in [2.75, 3.05) is 12.3 Å². The normalized spacial score (nSPS) is 11.1. The zero-order valence-electron chi connectivity index (χ0n) is 8.57. The molecule has 80 valence electrons. The number of aryl methyl sites for hydroxylation is 1. The minimum Gasteiger partial charge on any atom is -0.494 e. The fourth-order valence-electron chi connectivity index (χ4n) is 1.93. The maximum atomic E-state index is 9.95. The van der Waals surface area contributed by atoms with Crippen molar-refractivity contribution in [2.45, 2.75) is 13.5 Å². The Bertz CT molecular complexity index is 503. The van der Waals surface area contributed by atoms with Gasteiger partial charge in [0, 0.05) is 23.3 Å². The van der Waals surface area contributed by atoms with Gasteiger partial charge in [-0.05, 0) is 13.0 Å². The molecular weight excluding hydrogens is 192 g/mol. The van der Waals surface area contributed by atoms with Gasteiger partial charge in [-0.15, -0.1) is 0 Å². The van der Waals surface area contributed by atoms with E-state index in [1.165, 1.54) is 0 Å². The van der Waals surface area contributed by atoms with Crippen molar-refractivity contribution in [3.63, 3.8) is 0 Å². The van der Waals surface area contributed by atoms with E-state index < -0.39 is 0 Å². The van der Waals surface area contributed by atoms with Crippen LogP contribution in [0, 0.1) is 6.92 Å². The molecule has 1 heterocycles. The SMILES string of the molecule is Cc1c2cccc(N)c2c(O)n1CCO. The Labute approximate surface area is 87.6 Å². The Morgan fingerprint density at radius 3 is 2.73 bits per heavy atom. The summed E-state index contributed by atoms with van der Waals surface area (Å²) in [6.45, 7) is 2.28. The van der Waals surface area contributed by atoms with Crippen molar-refractivity contribution in [3.05, 3.63) is 23.9 Å². The third-order valence-electron chi connectivity index (χ3n) is 2.69. The zero-order chi connectivity index (χ0) is 11.0. The molecule has 0 fully saturated rings. The molecule has 15 heavy (non-hydrogen) atoms. The number of hydrogen-bond acceptors (Lipinski definition) is 3. The van der Waals surface area contributed by atoms with Gasteiger partial charge in [0.05, 0.1) is 12.0 Å². The molecule has 0 saturated heterocycles. The van der Waals surface area contributed by atoms with Crippen LogP contribution in [0.5, 0.6) is 5.88 Å². The second-order valence-corrected chi connectivity index (χ2v) is 3.55. The van der Waals surface area contributed by atoms with E-state index in [1.54, 1.807) is 10.6 Å². The number of aromatic hydroxyl groups is 1. The number of aliphatic hydroxyl groups excluding tert-OH is 1. The number of aliphatic hydroxyl groups is 1. The highest BCUT2D eigenvalue weighted by molar-refractivity contribution is 5.99. The Hall–Kier alpha value is -1.68. The van der Waals surface area contributed by atoms with Gasteiger partial charge in [0.25, 0.3) is 0 Å². The zero-order valence-corrected chi connectivity index (χ0v) is 8.57. The first-order valence-electron chi connectivity index (χ1n) is 4.84. The summed E-state index contributed by atoms with van der Waals surface area (Å²) in [5, 5.41) is 20.5. The van der Waals surface area contributed by atoms with E-state index in [-0.39, 0.29) is 12.5 Å². The molecule has 0 aliphatic heterocycles. The van der Waals surface area contributed by atoms with Gasteiger partial charge in [-0.3, -0.25) is 0 Å². The van der Waals surface area contributed by atoms with Crippen LogP contribution in [0.3, 0.4) is 0 Å². The number of nitrogens with two attached hydrogens (primary N) is 1. The van der Waals surface area contributed by atoms with Gasteiger partial charge in [0.2, 0.25) is 5.88 Å². The lowest BCUT2D eigenvalue weighted by Crippen LogP contribution is -2.02. The second kappa shape index (κ2) is 3.47. The molecule has 0 radical (unpaired) electrons. The van der Waals surface area contributed by atoms with E-state index in [4.69, 9.17) is 10.8 Å². The topological polar surface area (TPSA) is 71.4 Å². The predicted molar refractivity (Wildman–Crippen MR) is 59.8 cm³/mol. The quantitative estimate of drug-likeness (QED) is 0.647. The van der Waals surface area contributed by atoms with Crippen LogP contribution < -0.4 is 5.73 Å². The highest BCUT2D eigenvalue weighted by Crippen LogP contribution is 2.34. The molecular formula is C11H14N2O2. The monoisotopic (exact) mass is 206 g/mol. The summed E-state index contributed by atoms with van der Waals surface area (Å²) in [6.07, 6.45) is 0. The second-order valence-electron chi connectivity index (χ2n) is 3.55. The minimum absolute atomic E-state index is 0.00467. The molecule has 2 rings (SSSR count). The van der Waals surface area contributed by atoms with Crippen molar-refractivity contribution in [1.82, 2.24) is 4.57 Å². The summed E-state index contributed by atoms with van der Waals surface area (Å²) in [5.74, 6) is 0.134. The van der Waals surface area contributed by atoms with Gasteiger partial charge in [-0.2, -0.15) is 0 Å². The van der Waals surface area contributed by atoms with E-state index in [0.29, 0.717) is 17.6 Å². The minimum atomic E-state index is -0.00467. The highest BCUT2D eigenvalue weighted by Gasteiger charge is 2.14. The van der Waals surface area contributed by atoms with Gasteiger partial charge in [-0.25, -0.2) is 0 Å². The lowest BCUT2D eigenvalue weighted by molar-refractivity contribution is 0.266. The number of fused-ring (bicyclic) bond motifs is 1. The first-order chi connectivity index (χ1) is 7.16. The number of aromatic nitrogens is 1. The number of nitrogens with zero attached hydrogens (tertiary/aromatic N) is 1. The smallest absolute Gasteiger partial charge is 0.201 e. The Morgan fingerprint density at radius 1 is 1.40 bits per heavy atom. The Balaban J connectivity index is 2.79. The largest absolute Gasteiger partial charge is 0.494 e. The van der Waals surface area contributed by atoms with E-state index in [0.717, 1.165) is 11.1 Å².